The molecular weight excluding hydrogens is 436 g/mol. The molecule has 0 saturated carbocycles. The number of halogens is 1. The molecule has 33 heavy (non-hydrogen) atoms. The van der Waals surface area contributed by atoms with E-state index in [1.54, 1.807) is 0 Å². The fraction of sp³-hybridized carbons (Fsp3) is 0.296. The second kappa shape index (κ2) is 11.8. The first-order valence-electron chi connectivity index (χ1n) is 11.3. The highest BCUT2D eigenvalue weighted by Crippen LogP contribution is 2.24. The maximum absolute atomic E-state index is 12.8. The zero-order valence-electron chi connectivity index (χ0n) is 18.6. The fourth-order valence-electron chi connectivity index (χ4n) is 3.83. The number of fused-ring (bicyclic) bond motifs is 3. The molecule has 172 valence electrons. The Balaban J connectivity index is 1.47. The van der Waals surface area contributed by atoms with Crippen LogP contribution < -0.4 is 15.4 Å². The van der Waals surface area contributed by atoms with Crippen molar-refractivity contribution in [3.8, 4) is 5.75 Å². The van der Waals surface area contributed by atoms with Crippen molar-refractivity contribution in [1.82, 2.24) is 10.6 Å². The van der Waals surface area contributed by atoms with Crippen LogP contribution in [0.5, 0.6) is 5.75 Å². The Morgan fingerprint density at radius 1 is 0.970 bits per heavy atom. The summed E-state index contributed by atoms with van der Waals surface area (Å²) >= 11 is 5.94. The Kier molecular flexibility index (Phi) is 8.36. The molecule has 2 bridgehead atoms. The van der Waals surface area contributed by atoms with Crippen LogP contribution in [0.25, 0.3) is 0 Å². The van der Waals surface area contributed by atoms with Gasteiger partial charge in [0.15, 0.2) is 0 Å². The van der Waals surface area contributed by atoms with Crippen molar-refractivity contribution in [2.45, 2.75) is 19.4 Å². The van der Waals surface area contributed by atoms with Gasteiger partial charge in [0.05, 0.1) is 13.2 Å². The first-order chi connectivity index (χ1) is 16.2. The Morgan fingerprint density at radius 3 is 2.70 bits per heavy atom. The number of carbonyl (C=O) groups is 1. The topological polar surface area (TPSA) is 59.6 Å². The largest absolute Gasteiger partial charge is 0.491 e. The number of hydrogen-bond acceptors (Lipinski definition) is 4. The van der Waals surface area contributed by atoms with Gasteiger partial charge in [-0.25, -0.2) is 0 Å². The van der Waals surface area contributed by atoms with Crippen molar-refractivity contribution in [3.63, 3.8) is 0 Å². The van der Waals surface area contributed by atoms with Gasteiger partial charge in [-0.1, -0.05) is 48.0 Å². The summed E-state index contributed by atoms with van der Waals surface area (Å²) in [4.78, 5) is 12.8. The number of ether oxygens (including phenoxy) is 2. The number of hydrogen-bond donors (Lipinski definition) is 2. The third-order valence-electron chi connectivity index (χ3n) is 5.56. The summed E-state index contributed by atoms with van der Waals surface area (Å²) in [6, 6.07) is 21.8. The van der Waals surface area contributed by atoms with Crippen LogP contribution in [0.15, 0.2) is 66.7 Å². The molecule has 6 heteroatoms. The van der Waals surface area contributed by atoms with Gasteiger partial charge in [-0.3, -0.25) is 4.79 Å². The van der Waals surface area contributed by atoms with Gasteiger partial charge in [0.25, 0.3) is 5.91 Å². The average molecular weight is 465 g/mol. The zero-order chi connectivity index (χ0) is 22.9. The predicted octanol–water partition coefficient (Wildman–Crippen LogP) is 4.40. The van der Waals surface area contributed by atoms with Gasteiger partial charge in [-0.2, -0.15) is 0 Å². The predicted molar refractivity (Wildman–Crippen MR) is 131 cm³/mol. The van der Waals surface area contributed by atoms with Gasteiger partial charge in [0.2, 0.25) is 0 Å². The number of carbonyl (C=O) groups excluding carboxylic acids is 1. The molecule has 3 aromatic rings. The molecule has 0 aromatic heterocycles. The Labute approximate surface area is 200 Å². The Hall–Kier alpha value is -2.86. The summed E-state index contributed by atoms with van der Waals surface area (Å²) in [5.74, 6) is 0.698. The molecule has 0 aliphatic carbocycles. The normalized spacial score (nSPS) is 14.5. The molecule has 5 nitrogen and oxygen atoms in total. The van der Waals surface area contributed by atoms with Gasteiger partial charge in [0.1, 0.15) is 12.4 Å². The lowest BCUT2D eigenvalue weighted by molar-refractivity contribution is 0.0953. The minimum absolute atomic E-state index is 0.0903. The summed E-state index contributed by atoms with van der Waals surface area (Å²) < 4.78 is 11.6. The molecule has 1 amide bonds. The van der Waals surface area contributed by atoms with Crippen molar-refractivity contribution < 1.29 is 14.3 Å². The Bertz CT molecular complexity index is 1070. The first-order valence-corrected chi connectivity index (χ1v) is 11.7. The highest BCUT2D eigenvalue weighted by atomic mass is 35.5. The number of nitrogens with one attached hydrogen (secondary N) is 2. The maximum Gasteiger partial charge on any atom is 0.251 e. The van der Waals surface area contributed by atoms with Crippen molar-refractivity contribution in [1.29, 1.82) is 0 Å². The lowest BCUT2D eigenvalue weighted by Crippen LogP contribution is -2.26. The van der Waals surface area contributed by atoms with Crippen LogP contribution in [0.1, 0.15) is 32.6 Å². The zero-order valence-corrected chi connectivity index (χ0v) is 19.4. The highest BCUT2D eigenvalue weighted by Gasteiger charge is 2.12. The van der Waals surface area contributed by atoms with E-state index in [-0.39, 0.29) is 5.91 Å². The Morgan fingerprint density at radius 2 is 1.82 bits per heavy atom. The molecule has 1 aliphatic rings. The number of amides is 1. The molecule has 0 atom stereocenters. The third kappa shape index (κ3) is 7.06. The minimum atomic E-state index is -0.0903. The summed E-state index contributed by atoms with van der Waals surface area (Å²) in [6.45, 7) is 3.80. The lowest BCUT2D eigenvalue weighted by atomic mass is 9.99. The molecule has 2 N–H and O–H groups in total. The molecule has 1 heterocycles. The van der Waals surface area contributed by atoms with Crippen LogP contribution in [-0.2, 0) is 24.1 Å². The standard InChI is InChI=1S/C27H29ClN2O3/c28-25-7-4-20(5-8-25)10-11-30-27(31)23-6-9-26-24(18-23)17-21-2-1-3-22(16-21)19-29-12-13-32-14-15-33-26/h1-9,16,18,29H,10-15,17,19H2,(H,30,31). The van der Waals surface area contributed by atoms with E-state index in [0.29, 0.717) is 43.4 Å². The second-order valence-electron chi connectivity index (χ2n) is 8.09. The van der Waals surface area contributed by atoms with E-state index in [2.05, 4.69) is 34.9 Å². The average Bonchev–Trinajstić information content (AvgIpc) is 2.82. The lowest BCUT2D eigenvalue weighted by Gasteiger charge is -2.15. The minimum Gasteiger partial charge on any atom is -0.491 e. The van der Waals surface area contributed by atoms with Gasteiger partial charge >= 0.3 is 0 Å². The van der Waals surface area contributed by atoms with Crippen LogP contribution in [0, 0.1) is 0 Å². The van der Waals surface area contributed by atoms with Crippen LogP contribution in [0.4, 0.5) is 0 Å². The van der Waals surface area contributed by atoms with Gasteiger partial charge in [-0.05, 0) is 59.0 Å². The molecule has 0 radical (unpaired) electrons. The summed E-state index contributed by atoms with van der Waals surface area (Å²) in [6.07, 6.45) is 1.44. The van der Waals surface area contributed by atoms with Gasteiger partial charge in [0, 0.05) is 36.6 Å². The van der Waals surface area contributed by atoms with Crippen LogP contribution in [0.3, 0.4) is 0 Å². The van der Waals surface area contributed by atoms with Gasteiger partial charge in [-0.15, -0.1) is 0 Å². The second-order valence-corrected chi connectivity index (χ2v) is 8.53. The monoisotopic (exact) mass is 464 g/mol. The molecule has 3 aromatic carbocycles. The smallest absolute Gasteiger partial charge is 0.251 e. The molecular formula is C27H29ClN2O3. The summed E-state index contributed by atoms with van der Waals surface area (Å²) in [5, 5.41) is 7.13. The van der Waals surface area contributed by atoms with Crippen molar-refractivity contribution in [3.05, 3.63) is 99.6 Å². The van der Waals surface area contributed by atoms with Crippen LogP contribution in [-0.4, -0.2) is 38.8 Å². The van der Waals surface area contributed by atoms with Crippen molar-refractivity contribution in [2.75, 3.05) is 32.9 Å². The molecule has 0 fully saturated rings. The SMILES string of the molecule is O=C(NCCc1ccc(Cl)cc1)c1ccc2c(c1)Cc1cccc(c1)CNCCOCCO2. The van der Waals surface area contributed by atoms with E-state index in [1.807, 2.05) is 42.5 Å². The van der Waals surface area contributed by atoms with E-state index in [4.69, 9.17) is 21.1 Å². The van der Waals surface area contributed by atoms with Crippen LogP contribution >= 0.6 is 11.6 Å². The van der Waals surface area contributed by atoms with Gasteiger partial charge < -0.3 is 20.1 Å². The molecule has 0 saturated heterocycles. The highest BCUT2D eigenvalue weighted by molar-refractivity contribution is 6.30. The third-order valence-corrected chi connectivity index (χ3v) is 5.81. The van der Waals surface area contributed by atoms with E-state index in [1.165, 1.54) is 11.1 Å². The summed E-state index contributed by atoms with van der Waals surface area (Å²) in [5.41, 5.74) is 5.16. The van der Waals surface area contributed by atoms with Crippen molar-refractivity contribution in [2.24, 2.45) is 0 Å². The van der Waals surface area contributed by atoms with Crippen molar-refractivity contribution >= 4 is 17.5 Å². The number of rotatable bonds is 4. The molecule has 0 unspecified atom stereocenters. The van der Waals surface area contributed by atoms with Crippen LogP contribution in [0.2, 0.25) is 5.02 Å². The molecule has 4 rings (SSSR count). The van der Waals surface area contributed by atoms with E-state index in [0.717, 1.165) is 36.4 Å². The van der Waals surface area contributed by atoms with E-state index >= 15 is 0 Å². The molecule has 0 spiro atoms. The summed E-state index contributed by atoms with van der Waals surface area (Å²) in [7, 11) is 0. The number of benzene rings is 3. The quantitative estimate of drug-likeness (QED) is 0.600. The van der Waals surface area contributed by atoms with E-state index in [9.17, 15) is 4.79 Å². The maximum atomic E-state index is 12.8. The van der Waals surface area contributed by atoms with E-state index < -0.39 is 0 Å². The first kappa shape index (κ1) is 23.3. The molecule has 1 aliphatic heterocycles. The fourth-order valence-corrected chi connectivity index (χ4v) is 3.96.